The van der Waals surface area contributed by atoms with Gasteiger partial charge in [0.15, 0.2) is 0 Å². The Bertz CT molecular complexity index is 92.9. The second-order valence-corrected chi connectivity index (χ2v) is 3.65. The maximum Gasteiger partial charge on any atom is 0.00414 e. The molecule has 1 fully saturated rings. The molecule has 0 radical (unpaired) electrons. The number of rotatable bonds is 4. The molecule has 1 aliphatic rings. The lowest BCUT2D eigenvalue weighted by atomic mass is 9.92. The van der Waals surface area contributed by atoms with Crippen molar-refractivity contribution in [2.24, 2.45) is 17.6 Å². The van der Waals surface area contributed by atoms with Crippen molar-refractivity contribution >= 4 is 0 Å². The highest BCUT2D eigenvalue weighted by atomic mass is 14.6. The van der Waals surface area contributed by atoms with Crippen LogP contribution >= 0.6 is 0 Å². The minimum Gasteiger partial charge on any atom is -0.328 e. The van der Waals surface area contributed by atoms with E-state index in [2.05, 4.69) is 13.8 Å². The maximum absolute atomic E-state index is 5.86. The molecule has 0 aliphatic heterocycles. The number of hydrogen-bond donors (Lipinski definition) is 1. The van der Waals surface area contributed by atoms with E-state index < -0.39 is 0 Å². The molecule has 2 atom stereocenters. The van der Waals surface area contributed by atoms with Gasteiger partial charge in [0.05, 0.1) is 0 Å². The molecule has 0 saturated heterocycles. The Morgan fingerprint density at radius 3 is 2.40 bits per heavy atom. The minimum absolute atomic E-state index is 0.424. The largest absolute Gasteiger partial charge is 0.328 e. The summed E-state index contributed by atoms with van der Waals surface area (Å²) < 4.78 is 0. The van der Waals surface area contributed by atoms with Gasteiger partial charge >= 0.3 is 0 Å². The molecule has 0 aromatic heterocycles. The summed E-state index contributed by atoms with van der Waals surface area (Å²) in [5.74, 6) is 1.81. The smallest absolute Gasteiger partial charge is 0.00414 e. The van der Waals surface area contributed by atoms with Crippen LogP contribution in [-0.4, -0.2) is 6.04 Å². The van der Waals surface area contributed by atoms with Crippen LogP contribution in [0.2, 0.25) is 0 Å². The van der Waals surface area contributed by atoms with Crippen molar-refractivity contribution in [1.29, 1.82) is 0 Å². The van der Waals surface area contributed by atoms with Crippen LogP contribution in [0.25, 0.3) is 0 Å². The summed E-state index contributed by atoms with van der Waals surface area (Å²) in [6.07, 6.45) is 5.50. The van der Waals surface area contributed by atoms with Gasteiger partial charge in [0, 0.05) is 6.04 Å². The fourth-order valence-electron chi connectivity index (χ4n) is 1.79. The third-order valence-corrected chi connectivity index (χ3v) is 2.52. The van der Waals surface area contributed by atoms with Crippen LogP contribution in [0.15, 0.2) is 0 Å². The summed E-state index contributed by atoms with van der Waals surface area (Å²) in [6, 6.07) is 0.424. The lowest BCUT2D eigenvalue weighted by Crippen LogP contribution is -2.27. The van der Waals surface area contributed by atoms with Crippen molar-refractivity contribution in [3.8, 4) is 0 Å². The summed E-state index contributed by atoms with van der Waals surface area (Å²) >= 11 is 0. The number of hydrogen-bond acceptors (Lipinski definition) is 1. The topological polar surface area (TPSA) is 26.0 Å². The molecule has 0 bridgehead atoms. The van der Waals surface area contributed by atoms with E-state index in [1.807, 2.05) is 0 Å². The predicted octanol–water partition coefficient (Wildman–Crippen LogP) is 2.16. The Morgan fingerprint density at radius 2 is 2.10 bits per heavy atom. The fourth-order valence-corrected chi connectivity index (χ4v) is 1.79. The first-order chi connectivity index (χ1) is 4.75. The van der Waals surface area contributed by atoms with Gasteiger partial charge in [-0.2, -0.15) is 0 Å². The van der Waals surface area contributed by atoms with Crippen LogP contribution in [0, 0.1) is 11.8 Å². The number of nitrogens with two attached hydrogens (primary N) is 1. The monoisotopic (exact) mass is 141 g/mol. The van der Waals surface area contributed by atoms with Gasteiger partial charge in [-0.05, 0) is 38.0 Å². The third-order valence-electron chi connectivity index (χ3n) is 2.52. The van der Waals surface area contributed by atoms with Crippen molar-refractivity contribution in [2.45, 2.75) is 45.6 Å². The molecule has 10 heavy (non-hydrogen) atoms. The molecule has 2 N–H and O–H groups in total. The summed E-state index contributed by atoms with van der Waals surface area (Å²) in [6.45, 7) is 4.40. The molecule has 0 aromatic rings. The van der Waals surface area contributed by atoms with Gasteiger partial charge in [-0.15, -0.1) is 0 Å². The second kappa shape index (κ2) is 3.38. The molecule has 1 heteroatoms. The summed E-state index contributed by atoms with van der Waals surface area (Å²) in [4.78, 5) is 0. The summed E-state index contributed by atoms with van der Waals surface area (Å²) in [5.41, 5.74) is 5.86. The standard InChI is InChI=1S/C9H19N/c1-3-4-9(7(2)10)8-5-6-8/h7-9H,3-6,10H2,1-2H3. The maximum atomic E-state index is 5.86. The van der Waals surface area contributed by atoms with Crippen LogP contribution in [0.3, 0.4) is 0 Å². The molecule has 0 amide bonds. The predicted molar refractivity (Wildman–Crippen MR) is 44.8 cm³/mol. The molecule has 1 nitrogen and oxygen atoms in total. The van der Waals surface area contributed by atoms with E-state index in [0.717, 1.165) is 11.8 Å². The van der Waals surface area contributed by atoms with Gasteiger partial charge in [0.25, 0.3) is 0 Å². The van der Waals surface area contributed by atoms with E-state index in [1.165, 1.54) is 25.7 Å². The summed E-state index contributed by atoms with van der Waals surface area (Å²) in [5, 5.41) is 0. The van der Waals surface area contributed by atoms with Gasteiger partial charge in [-0.1, -0.05) is 13.3 Å². The van der Waals surface area contributed by atoms with E-state index in [-0.39, 0.29) is 0 Å². The Balaban J connectivity index is 2.26. The zero-order chi connectivity index (χ0) is 7.56. The van der Waals surface area contributed by atoms with Gasteiger partial charge in [-0.3, -0.25) is 0 Å². The van der Waals surface area contributed by atoms with Crippen LogP contribution in [-0.2, 0) is 0 Å². The average molecular weight is 141 g/mol. The molecule has 1 saturated carbocycles. The van der Waals surface area contributed by atoms with E-state index in [1.54, 1.807) is 0 Å². The molecule has 1 rings (SSSR count). The fraction of sp³-hybridized carbons (Fsp3) is 1.00. The Morgan fingerprint density at radius 1 is 1.50 bits per heavy atom. The first-order valence-electron chi connectivity index (χ1n) is 4.51. The van der Waals surface area contributed by atoms with Crippen molar-refractivity contribution in [3.05, 3.63) is 0 Å². The quantitative estimate of drug-likeness (QED) is 0.638. The normalized spacial score (nSPS) is 24.3. The van der Waals surface area contributed by atoms with E-state index >= 15 is 0 Å². The molecular formula is C9H19N. The lowest BCUT2D eigenvalue weighted by Gasteiger charge is -2.18. The molecule has 2 unspecified atom stereocenters. The lowest BCUT2D eigenvalue weighted by molar-refractivity contribution is 0.363. The molecule has 0 spiro atoms. The molecule has 0 heterocycles. The van der Waals surface area contributed by atoms with Crippen LogP contribution in [0.5, 0.6) is 0 Å². The highest BCUT2D eigenvalue weighted by Gasteiger charge is 2.32. The highest BCUT2D eigenvalue weighted by Crippen LogP contribution is 2.40. The van der Waals surface area contributed by atoms with Crippen molar-refractivity contribution < 1.29 is 0 Å². The van der Waals surface area contributed by atoms with E-state index in [0.29, 0.717) is 6.04 Å². The zero-order valence-electron chi connectivity index (χ0n) is 7.14. The molecule has 1 aliphatic carbocycles. The zero-order valence-corrected chi connectivity index (χ0v) is 7.14. The van der Waals surface area contributed by atoms with Crippen molar-refractivity contribution in [3.63, 3.8) is 0 Å². The van der Waals surface area contributed by atoms with E-state index in [9.17, 15) is 0 Å². The first kappa shape index (κ1) is 8.06. The summed E-state index contributed by atoms with van der Waals surface area (Å²) in [7, 11) is 0. The van der Waals surface area contributed by atoms with Gasteiger partial charge in [0.2, 0.25) is 0 Å². The van der Waals surface area contributed by atoms with Crippen LogP contribution in [0.4, 0.5) is 0 Å². The second-order valence-electron chi connectivity index (χ2n) is 3.65. The van der Waals surface area contributed by atoms with Crippen LogP contribution < -0.4 is 5.73 Å². The molecule has 0 aromatic carbocycles. The highest BCUT2D eigenvalue weighted by molar-refractivity contribution is 4.85. The molecule has 60 valence electrons. The van der Waals surface area contributed by atoms with Gasteiger partial charge < -0.3 is 5.73 Å². The minimum atomic E-state index is 0.424. The van der Waals surface area contributed by atoms with Crippen molar-refractivity contribution in [2.75, 3.05) is 0 Å². The Labute approximate surface area is 64.0 Å². The molecular weight excluding hydrogens is 122 g/mol. The van der Waals surface area contributed by atoms with Gasteiger partial charge in [0.1, 0.15) is 0 Å². The Hall–Kier alpha value is -0.0400. The van der Waals surface area contributed by atoms with Crippen molar-refractivity contribution in [1.82, 2.24) is 0 Å². The van der Waals surface area contributed by atoms with Gasteiger partial charge in [-0.25, -0.2) is 0 Å². The Kier molecular flexibility index (Phi) is 2.72. The SMILES string of the molecule is CCCC(C(C)N)C1CC1. The third kappa shape index (κ3) is 1.98. The average Bonchev–Trinajstić information content (AvgIpc) is 2.63. The van der Waals surface area contributed by atoms with Crippen LogP contribution in [0.1, 0.15) is 39.5 Å². The van der Waals surface area contributed by atoms with E-state index in [4.69, 9.17) is 5.73 Å². The first-order valence-corrected chi connectivity index (χ1v) is 4.51.